The normalized spacial score (nSPS) is 22.7. The molecule has 2 fully saturated rings. The number of ether oxygens (including phenoxy) is 2. The molecule has 0 N–H and O–H groups in total. The van der Waals surface area contributed by atoms with E-state index >= 15 is 0 Å². The lowest BCUT2D eigenvalue weighted by atomic mass is 9.80. The summed E-state index contributed by atoms with van der Waals surface area (Å²) >= 11 is 6.63. The van der Waals surface area contributed by atoms with E-state index in [1.54, 1.807) is 9.42 Å². The van der Waals surface area contributed by atoms with Crippen molar-refractivity contribution in [3.63, 3.8) is 0 Å². The molecule has 35 heavy (non-hydrogen) atoms. The smallest absolute Gasteiger partial charge is 0.410 e. The van der Waals surface area contributed by atoms with Crippen LogP contribution < -0.4 is 0 Å². The molecule has 1 saturated carbocycles. The Morgan fingerprint density at radius 3 is 2.63 bits per heavy atom. The Hall–Kier alpha value is -2.64. The number of amides is 1. The van der Waals surface area contributed by atoms with Crippen molar-refractivity contribution in [2.75, 3.05) is 6.54 Å². The fourth-order valence-corrected chi connectivity index (χ4v) is 5.09. The number of likely N-dealkylation sites (tertiary alicyclic amines) is 1. The zero-order chi connectivity index (χ0) is 24.6. The first-order valence-corrected chi connectivity index (χ1v) is 12.9. The number of aromatic nitrogens is 3. The second-order valence-corrected chi connectivity index (χ2v) is 11.0. The number of benzene rings is 1. The van der Waals surface area contributed by atoms with Gasteiger partial charge in [-0.1, -0.05) is 41.9 Å². The molecule has 1 aliphatic heterocycles. The van der Waals surface area contributed by atoms with Crippen LogP contribution in [0.2, 0.25) is 5.15 Å². The molecule has 1 aromatic carbocycles. The van der Waals surface area contributed by atoms with Gasteiger partial charge in [0.25, 0.3) is 0 Å². The van der Waals surface area contributed by atoms with Gasteiger partial charge in [-0.25, -0.2) is 14.3 Å². The summed E-state index contributed by atoms with van der Waals surface area (Å²) < 4.78 is 13.4. The Labute approximate surface area is 211 Å². The minimum absolute atomic E-state index is 0.140. The monoisotopic (exact) mass is 496 g/mol. The van der Waals surface area contributed by atoms with Gasteiger partial charge in [-0.05, 0) is 64.5 Å². The van der Waals surface area contributed by atoms with E-state index in [2.05, 4.69) is 12.1 Å². The van der Waals surface area contributed by atoms with Crippen LogP contribution >= 0.6 is 11.6 Å². The first-order valence-electron chi connectivity index (χ1n) is 12.5. The zero-order valence-electron chi connectivity index (χ0n) is 20.6. The molecule has 7 nitrogen and oxygen atoms in total. The lowest BCUT2D eigenvalue weighted by molar-refractivity contribution is -0.0214. The first-order chi connectivity index (χ1) is 16.8. The van der Waals surface area contributed by atoms with Crippen LogP contribution in [-0.4, -0.2) is 43.8 Å². The Morgan fingerprint density at radius 1 is 1.11 bits per heavy atom. The summed E-state index contributed by atoms with van der Waals surface area (Å²) in [5, 5.41) is 5.27. The van der Waals surface area contributed by atoms with Gasteiger partial charge >= 0.3 is 6.09 Å². The molecule has 1 amide bonds. The van der Waals surface area contributed by atoms with Gasteiger partial charge in [-0.3, -0.25) is 4.90 Å². The molecule has 1 saturated heterocycles. The number of piperidine rings is 1. The summed E-state index contributed by atoms with van der Waals surface area (Å²) in [6.45, 7) is 6.95. The summed E-state index contributed by atoms with van der Waals surface area (Å²) in [4.78, 5) is 19.5. The maximum Gasteiger partial charge on any atom is 0.410 e. The molecule has 3 aromatic rings. The Morgan fingerprint density at radius 2 is 1.89 bits per heavy atom. The van der Waals surface area contributed by atoms with Crippen LogP contribution in [0, 0.1) is 0 Å². The summed E-state index contributed by atoms with van der Waals surface area (Å²) in [7, 11) is 0. The molecule has 0 spiro atoms. The van der Waals surface area contributed by atoms with Gasteiger partial charge in [-0.2, -0.15) is 5.10 Å². The highest BCUT2D eigenvalue weighted by Gasteiger charge is 2.35. The van der Waals surface area contributed by atoms with Crippen molar-refractivity contribution in [1.82, 2.24) is 19.5 Å². The van der Waals surface area contributed by atoms with Crippen molar-refractivity contribution in [1.29, 1.82) is 0 Å². The predicted molar refractivity (Wildman–Crippen MR) is 135 cm³/mol. The number of fused-ring (bicyclic) bond motifs is 1. The molecule has 8 heteroatoms. The Kier molecular flexibility index (Phi) is 6.73. The Bertz CT molecular complexity index is 1180. The van der Waals surface area contributed by atoms with Crippen molar-refractivity contribution in [3.05, 3.63) is 64.6 Å². The van der Waals surface area contributed by atoms with E-state index in [4.69, 9.17) is 31.2 Å². The molecule has 5 rings (SSSR count). The molecule has 2 aliphatic rings. The fraction of sp³-hybridized carbons (Fsp3) is 0.519. The van der Waals surface area contributed by atoms with Crippen LogP contribution in [0.5, 0.6) is 0 Å². The van der Waals surface area contributed by atoms with E-state index in [1.807, 2.05) is 51.1 Å². The molecule has 1 atom stereocenters. The summed E-state index contributed by atoms with van der Waals surface area (Å²) in [6.07, 6.45) is 4.65. The number of nitrogens with zero attached hydrogens (tertiary/aromatic N) is 4. The van der Waals surface area contributed by atoms with Gasteiger partial charge in [0, 0.05) is 24.2 Å². The summed E-state index contributed by atoms with van der Waals surface area (Å²) in [5.74, 6) is 0.324. The maximum absolute atomic E-state index is 12.9. The predicted octanol–water partition coefficient (Wildman–Crippen LogP) is 6.31. The molecule has 2 aromatic heterocycles. The highest BCUT2D eigenvalue weighted by atomic mass is 35.5. The second-order valence-electron chi connectivity index (χ2n) is 10.6. The lowest BCUT2D eigenvalue weighted by Gasteiger charge is -2.35. The van der Waals surface area contributed by atoms with Crippen molar-refractivity contribution < 1.29 is 14.3 Å². The van der Waals surface area contributed by atoms with E-state index in [1.165, 1.54) is 5.56 Å². The van der Waals surface area contributed by atoms with Gasteiger partial charge in [0.05, 0.1) is 24.4 Å². The molecule has 186 valence electrons. The van der Waals surface area contributed by atoms with Gasteiger partial charge in [0.2, 0.25) is 0 Å². The SMILES string of the molecule is CC(C)(C)OC(=O)N1CCCC[C@H]1c1cc2nc([C@H]3C[C@H](OCc4ccccc4)C3)cc(Cl)n2n1. The quantitative estimate of drug-likeness (QED) is 0.387. The standard InChI is InChI=1S/C27H33ClN4O3/c1-27(2,3)35-26(33)31-12-8-7-11-23(31)22-16-25-29-21(15-24(28)32(25)30-22)19-13-20(14-19)34-17-18-9-5-4-6-10-18/h4-6,9-10,15-16,19-20,23H,7-8,11-14,17H2,1-3H3/t19-,20-,23-/m0/s1. The van der Waals surface area contributed by atoms with Crippen molar-refractivity contribution in [2.45, 2.75) is 83.1 Å². The van der Waals surface area contributed by atoms with Gasteiger partial charge in [0.15, 0.2) is 5.65 Å². The number of carbonyl (C=O) groups excluding carboxylic acids is 1. The van der Waals surface area contributed by atoms with Crippen LogP contribution in [0.4, 0.5) is 4.79 Å². The molecule has 0 bridgehead atoms. The summed E-state index contributed by atoms with van der Waals surface area (Å²) in [5.41, 5.74) is 3.14. The highest BCUT2D eigenvalue weighted by molar-refractivity contribution is 6.29. The third-order valence-electron chi connectivity index (χ3n) is 6.74. The van der Waals surface area contributed by atoms with Crippen LogP contribution in [0.15, 0.2) is 42.5 Å². The largest absolute Gasteiger partial charge is 0.444 e. The summed E-state index contributed by atoms with van der Waals surface area (Å²) in [6, 6.07) is 14.0. The van der Waals surface area contributed by atoms with Crippen LogP contribution in [0.25, 0.3) is 5.65 Å². The molecule has 0 radical (unpaired) electrons. The van der Waals surface area contributed by atoms with Crippen LogP contribution in [-0.2, 0) is 16.1 Å². The number of halogens is 1. The fourth-order valence-electron chi connectivity index (χ4n) is 4.86. The highest BCUT2D eigenvalue weighted by Crippen LogP contribution is 2.39. The number of carbonyl (C=O) groups is 1. The average molecular weight is 497 g/mol. The molecule has 3 heterocycles. The number of rotatable bonds is 5. The lowest BCUT2D eigenvalue weighted by Crippen LogP contribution is -2.42. The minimum atomic E-state index is -0.538. The molecule has 0 unspecified atom stereocenters. The van der Waals surface area contributed by atoms with E-state index in [-0.39, 0.29) is 18.2 Å². The third-order valence-corrected chi connectivity index (χ3v) is 7.01. The topological polar surface area (TPSA) is 69.0 Å². The van der Waals surface area contributed by atoms with E-state index in [9.17, 15) is 4.79 Å². The third kappa shape index (κ3) is 5.46. The van der Waals surface area contributed by atoms with Crippen molar-refractivity contribution in [3.8, 4) is 0 Å². The first kappa shape index (κ1) is 24.1. The van der Waals surface area contributed by atoms with Crippen molar-refractivity contribution >= 4 is 23.3 Å². The van der Waals surface area contributed by atoms with Crippen LogP contribution in [0.1, 0.15) is 81.8 Å². The van der Waals surface area contributed by atoms with E-state index in [0.717, 1.165) is 43.5 Å². The number of hydrogen-bond donors (Lipinski definition) is 0. The van der Waals surface area contributed by atoms with Gasteiger partial charge in [-0.15, -0.1) is 0 Å². The minimum Gasteiger partial charge on any atom is -0.444 e. The van der Waals surface area contributed by atoms with Gasteiger partial charge < -0.3 is 9.47 Å². The molecular formula is C27H33ClN4O3. The van der Waals surface area contributed by atoms with Crippen LogP contribution in [0.3, 0.4) is 0 Å². The molecule has 1 aliphatic carbocycles. The molecular weight excluding hydrogens is 464 g/mol. The maximum atomic E-state index is 12.9. The van der Waals surface area contributed by atoms with Gasteiger partial charge in [0.1, 0.15) is 10.8 Å². The average Bonchev–Trinajstić information content (AvgIpc) is 3.22. The number of hydrogen-bond acceptors (Lipinski definition) is 5. The van der Waals surface area contributed by atoms with Crippen molar-refractivity contribution in [2.24, 2.45) is 0 Å². The zero-order valence-corrected chi connectivity index (χ0v) is 21.4. The second kappa shape index (κ2) is 9.78. The Balaban J connectivity index is 1.28. The van der Waals surface area contributed by atoms with E-state index < -0.39 is 5.60 Å². The van der Waals surface area contributed by atoms with E-state index in [0.29, 0.717) is 29.9 Å².